The topological polar surface area (TPSA) is 63.5 Å². The second-order valence-electron chi connectivity index (χ2n) is 6.50. The molecule has 8 heteroatoms. The van der Waals surface area contributed by atoms with Crippen LogP contribution in [0.5, 0.6) is 0 Å². The van der Waals surface area contributed by atoms with Crippen molar-refractivity contribution >= 4 is 17.2 Å². The van der Waals surface area contributed by atoms with Gasteiger partial charge in [-0.15, -0.1) is 11.3 Å². The van der Waals surface area contributed by atoms with Crippen LogP contribution in [0, 0.1) is 6.92 Å². The third-order valence-corrected chi connectivity index (χ3v) is 5.61. The number of amides is 1. The van der Waals surface area contributed by atoms with E-state index < -0.39 is 0 Å². The molecule has 0 spiro atoms. The number of morpholine rings is 1. The zero-order valence-electron chi connectivity index (χ0n) is 14.5. The first-order valence-electron chi connectivity index (χ1n) is 8.75. The Hall–Kier alpha value is -1.77. The molecule has 1 fully saturated rings. The molecule has 0 radical (unpaired) electrons. The smallest absolute Gasteiger partial charge is 0.273 e. The first kappa shape index (κ1) is 16.7. The van der Waals surface area contributed by atoms with E-state index in [1.54, 1.807) is 0 Å². The molecule has 1 amide bonds. The summed E-state index contributed by atoms with van der Waals surface area (Å²) in [4.78, 5) is 25.9. The van der Waals surface area contributed by atoms with Crippen molar-refractivity contribution < 1.29 is 9.53 Å². The van der Waals surface area contributed by atoms with E-state index in [4.69, 9.17) is 4.74 Å². The Morgan fingerprint density at radius 2 is 2.08 bits per heavy atom. The Labute approximate surface area is 151 Å². The number of hydrogen-bond acceptors (Lipinski definition) is 6. The van der Waals surface area contributed by atoms with E-state index in [9.17, 15) is 4.79 Å². The Morgan fingerprint density at radius 1 is 1.24 bits per heavy atom. The van der Waals surface area contributed by atoms with Gasteiger partial charge in [-0.05, 0) is 6.92 Å². The SMILES string of the molecule is Cc1nc(C(=O)N2CCc3ncc(CN4CCOCC4)n3CC2)cs1. The zero-order valence-corrected chi connectivity index (χ0v) is 15.3. The van der Waals surface area contributed by atoms with E-state index in [1.165, 1.54) is 17.0 Å². The van der Waals surface area contributed by atoms with Crippen LogP contribution in [0.1, 0.15) is 27.0 Å². The molecule has 0 atom stereocenters. The lowest BCUT2D eigenvalue weighted by molar-refractivity contribution is 0.0331. The third-order valence-electron chi connectivity index (χ3n) is 4.83. The van der Waals surface area contributed by atoms with Gasteiger partial charge in [0.1, 0.15) is 11.5 Å². The minimum atomic E-state index is 0.0323. The second kappa shape index (κ2) is 7.23. The maximum absolute atomic E-state index is 12.7. The first-order chi connectivity index (χ1) is 12.2. The predicted octanol–water partition coefficient (Wildman–Crippen LogP) is 1.18. The standard InChI is InChI=1S/C17H23N5O2S/c1-13-19-15(12-25-13)17(23)21-3-2-16-18-10-14(22(16)5-4-21)11-20-6-8-24-9-7-20/h10,12H,2-9,11H2,1H3. The van der Waals surface area contributed by atoms with Crippen LogP contribution in [-0.4, -0.2) is 69.6 Å². The van der Waals surface area contributed by atoms with Crippen molar-refractivity contribution in [2.24, 2.45) is 0 Å². The molecule has 0 unspecified atom stereocenters. The predicted molar refractivity (Wildman–Crippen MR) is 94.8 cm³/mol. The molecule has 25 heavy (non-hydrogen) atoms. The summed E-state index contributed by atoms with van der Waals surface area (Å²) in [6, 6.07) is 0. The van der Waals surface area contributed by atoms with Gasteiger partial charge in [0.15, 0.2) is 0 Å². The third kappa shape index (κ3) is 3.61. The Balaban J connectivity index is 1.44. The average Bonchev–Trinajstić information content (AvgIpc) is 3.16. The van der Waals surface area contributed by atoms with Gasteiger partial charge in [0.2, 0.25) is 0 Å². The van der Waals surface area contributed by atoms with Gasteiger partial charge >= 0.3 is 0 Å². The van der Waals surface area contributed by atoms with Gasteiger partial charge in [-0.2, -0.15) is 0 Å². The van der Waals surface area contributed by atoms with E-state index >= 15 is 0 Å². The van der Waals surface area contributed by atoms with Gasteiger partial charge in [0.25, 0.3) is 5.91 Å². The molecule has 0 aliphatic carbocycles. The maximum Gasteiger partial charge on any atom is 0.273 e. The fraction of sp³-hybridized carbons (Fsp3) is 0.588. The van der Waals surface area contributed by atoms with E-state index in [1.807, 2.05) is 23.4 Å². The molecule has 0 aromatic carbocycles. The van der Waals surface area contributed by atoms with Crippen molar-refractivity contribution in [3.63, 3.8) is 0 Å². The molecule has 7 nitrogen and oxygen atoms in total. The van der Waals surface area contributed by atoms with Gasteiger partial charge < -0.3 is 14.2 Å². The lowest BCUT2D eigenvalue weighted by atomic mass is 10.3. The highest BCUT2D eigenvalue weighted by Crippen LogP contribution is 2.17. The summed E-state index contributed by atoms with van der Waals surface area (Å²) in [6.45, 7) is 8.56. The number of imidazole rings is 1. The van der Waals surface area contributed by atoms with E-state index in [2.05, 4.69) is 19.4 Å². The fourth-order valence-electron chi connectivity index (χ4n) is 3.44. The summed E-state index contributed by atoms with van der Waals surface area (Å²) >= 11 is 1.52. The lowest BCUT2D eigenvalue weighted by Gasteiger charge is -2.27. The average molecular weight is 361 g/mol. The van der Waals surface area contributed by atoms with Gasteiger partial charge in [0, 0.05) is 57.3 Å². The van der Waals surface area contributed by atoms with E-state index in [0.29, 0.717) is 18.8 Å². The molecular formula is C17H23N5O2S. The normalized spacial score (nSPS) is 18.8. The number of aryl methyl sites for hydroxylation is 1. The zero-order chi connectivity index (χ0) is 17.2. The van der Waals surface area contributed by atoms with Gasteiger partial charge in [-0.3, -0.25) is 9.69 Å². The summed E-state index contributed by atoms with van der Waals surface area (Å²) in [5.41, 5.74) is 1.80. The van der Waals surface area contributed by atoms with Crippen molar-refractivity contribution in [2.75, 3.05) is 39.4 Å². The summed E-state index contributed by atoms with van der Waals surface area (Å²) in [6.07, 6.45) is 2.78. The molecule has 4 heterocycles. The first-order valence-corrected chi connectivity index (χ1v) is 9.63. The Morgan fingerprint density at radius 3 is 2.84 bits per heavy atom. The lowest BCUT2D eigenvalue weighted by Crippen LogP contribution is -2.36. The number of fused-ring (bicyclic) bond motifs is 1. The Bertz CT molecular complexity index is 750. The monoisotopic (exact) mass is 361 g/mol. The number of carbonyl (C=O) groups is 1. The molecule has 2 aliphatic heterocycles. The summed E-state index contributed by atoms with van der Waals surface area (Å²) < 4.78 is 7.71. The van der Waals surface area contributed by atoms with Crippen molar-refractivity contribution in [1.29, 1.82) is 0 Å². The molecule has 134 valence electrons. The quantitative estimate of drug-likeness (QED) is 0.821. The molecular weight excluding hydrogens is 338 g/mol. The molecule has 0 saturated carbocycles. The number of rotatable bonds is 3. The molecule has 2 aromatic rings. The highest BCUT2D eigenvalue weighted by Gasteiger charge is 2.24. The number of ether oxygens (including phenoxy) is 1. The molecule has 0 bridgehead atoms. The van der Waals surface area contributed by atoms with Crippen LogP contribution >= 0.6 is 11.3 Å². The molecule has 2 aromatic heterocycles. The van der Waals surface area contributed by atoms with Crippen molar-refractivity contribution in [3.8, 4) is 0 Å². The van der Waals surface area contributed by atoms with Gasteiger partial charge in [-0.1, -0.05) is 0 Å². The van der Waals surface area contributed by atoms with Gasteiger partial charge in [-0.25, -0.2) is 9.97 Å². The summed E-state index contributed by atoms with van der Waals surface area (Å²) in [5.74, 6) is 1.11. The van der Waals surface area contributed by atoms with Crippen LogP contribution in [-0.2, 0) is 24.2 Å². The van der Waals surface area contributed by atoms with Crippen molar-refractivity contribution in [1.82, 2.24) is 24.3 Å². The number of carbonyl (C=O) groups excluding carboxylic acids is 1. The van der Waals surface area contributed by atoms with E-state index in [-0.39, 0.29) is 5.91 Å². The second-order valence-corrected chi connectivity index (χ2v) is 7.56. The van der Waals surface area contributed by atoms with E-state index in [0.717, 1.165) is 56.6 Å². The van der Waals surface area contributed by atoms with Crippen molar-refractivity contribution in [3.05, 3.63) is 33.8 Å². The number of aromatic nitrogens is 3. The number of nitrogens with zero attached hydrogens (tertiary/aromatic N) is 5. The minimum Gasteiger partial charge on any atom is -0.379 e. The minimum absolute atomic E-state index is 0.0323. The van der Waals surface area contributed by atoms with Crippen LogP contribution in [0.15, 0.2) is 11.6 Å². The largest absolute Gasteiger partial charge is 0.379 e. The maximum atomic E-state index is 12.7. The number of hydrogen-bond donors (Lipinski definition) is 0. The van der Waals surface area contributed by atoms with Crippen LogP contribution in [0.25, 0.3) is 0 Å². The van der Waals surface area contributed by atoms with Crippen LogP contribution in [0.3, 0.4) is 0 Å². The molecule has 4 rings (SSSR count). The highest BCUT2D eigenvalue weighted by atomic mass is 32.1. The van der Waals surface area contributed by atoms with Crippen LogP contribution in [0.2, 0.25) is 0 Å². The Kier molecular flexibility index (Phi) is 4.82. The summed E-state index contributed by atoms with van der Waals surface area (Å²) in [7, 11) is 0. The fourth-order valence-corrected chi connectivity index (χ4v) is 4.02. The van der Waals surface area contributed by atoms with Gasteiger partial charge in [0.05, 0.1) is 23.9 Å². The van der Waals surface area contributed by atoms with Crippen LogP contribution < -0.4 is 0 Å². The van der Waals surface area contributed by atoms with Crippen molar-refractivity contribution in [2.45, 2.75) is 26.4 Å². The summed E-state index contributed by atoms with van der Waals surface area (Å²) in [5, 5.41) is 2.78. The molecule has 1 saturated heterocycles. The highest BCUT2D eigenvalue weighted by molar-refractivity contribution is 7.09. The molecule has 2 aliphatic rings. The van der Waals surface area contributed by atoms with Crippen LogP contribution in [0.4, 0.5) is 0 Å². The molecule has 0 N–H and O–H groups in total. The number of thiazole rings is 1.